The van der Waals surface area contributed by atoms with Gasteiger partial charge in [-0.25, -0.2) is 0 Å². The number of hydrogen-bond donors (Lipinski definition) is 1. The highest BCUT2D eigenvalue weighted by atomic mass is 79.9. The van der Waals surface area contributed by atoms with Gasteiger partial charge in [-0.3, -0.25) is 4.79 Å². The molecule has 2 saturated carbocycles. The number of benzene rings is 1. The fourth-order valence-corrected chi connectivity index (χ4v) is 3.76. The van der Waals surface area contributed by atoms with Crippen molar-refractivity contribution in [1.29, 1.82) is 0 Å². The van der Waals surface area contributed by atoms with E-state index in [0.717, 1.165) is 17.4 Å². The molecule has 2 unspecified atom stereocenters. The number of anilines is 1. The van der Waals surface area contributed by atoms with Crippen LogP contribution in [-0.2, 0) is 11.2 Å². The molecule has 0 saturated heterocycles. The fourth-order valence-electron chi connectivity index (χ4n) is 3.30. The topological polar surface area (TPSA) is 29.1 Å². The standard InChI is InChI=1S/C15H18BrNO/c16-9-8-10-4-6-11(7-5-10)17-15(18)14-12-2-1-3-13(12)14/h4-7,12-14H,1-3,8-9H2,(H,17,18). The molecule has 0 aliphatic heterocycles. The zero-order chi connectivity index (χ0) is 12.5. The number of fused-ring (bicyclic) bond motifs is 1. The summed E-state index contributed by atoms with van der Waals surface area (Å²) in [4.78, 5) is 12.1. The van der Waals surface area contributed by atoms with Crippen molar-refractivity contribution < 1.29 is 4.79 Å². The van der Waals surface area contributed by atoms with Crippen LogP contribution in [-0.4, -0.2) is 11.2 Å². The van der Waals surface area contributed by atoms with Gasteiger partial charge in [0, 0.05) is 16.9 Å². The first-order valence-electron chi connectivity index (χ1n) is 6.75. The lowest BCUT2D eigenvalue weighted by Gasteiger charge is -2.07. The van der Waals surface area contributed by atoms with Crippen molar-refractivity contribution in [1.82, 2.24) is 0 Å². The fraction of sp³-hybridized carbons (Fsp3) is 0.533. The summed E-state index contributed by atoms with van der Waals surface area (Å²) in [6.45, 7) is 0. The minimum absolute atomic E-state index is 0.234. The third-order valence-electron chi connectivity index (χ3n) is 4.31. The summed E-state index contributed by atoms with van der Waals surface area (Å²) in [5.41, 5.74) is 2.23. The van der Waals surface area contributed by atoms with Gasteiger partial charge in [0.2, 0.25) is 5.91 Å². The molecule has 0 aromatic heterocycles. The molecule has 0 bridgehead atoms. The number of nitrogens with one attached hydrogen (secondary N) is 1. The van der Waals surface area contributed by atoms with Crippen molar-refractivity contribution in [2.24, 2.45) is 17.8 Å². The Kier molecular flexibility index (Phi) is 3.42. The van der Waals surface area contributed by atoms with Crippen LogP contribution in [0.4, 0.5) is 5.69 Å². The Balaban J connectivity index is 1.57. The smallest absolute Gasteiger partial charge is 0.228 e. The van der Waals surface area contributed by atoms with Crippen molar-refractivity contribution in [3.63, 3.8) is 0 Å². The number of rotatable bonds is 4. The molecule has 3 rings (SSSR count). The van der Waals surface area contributed by atoms with Crippen molar-refractivity contribution >= 4 is 27.5 Å². The summed E-state index contributed by atoms with van der Waals surface area (Å²) in [7, 11) is 0. The number of halogens is 1. The van der Waals surface area contributed by atoms with Crippen LogP contribution in [0.5, 0.6) is 0 Å². The maximum Gasteiger partial charge on any atom is 0.228 e. The molecule has 1 N–H and O–H groups in total. The van der Waals surface area contributed by atoms with Crippen LogP contribution in [0.25, 0.3) is 0 Å². The maximum atomic E-state index is 12.1. The largest absolute Gasteiger partial charge is 0.326 e. The van der Waals surface area contributed by atoms with Gasteiger partial charge < -0.3 is 5.32 Å². The van der Waals surface area contributed by atoms with Gasteiger partial charge in [-0.2, -0.15) is 0 Å². The molecule has 1 amide bonds. The van der Waals surface area contributed by atoms with E-state index in [0.29, 0.717) is 17.8 Å². The van der Waals surface area contributed by atoms with E-state index in [-0.39, 0.29) is 5.91 Å². The van der Waals surface area contributed by atoms with E-state index in [2.05, 4.69) is 33.4 Å². The minimum atomic E-state index is 0.234. The highest BCUT2D eigenvalue weighted by molar-refractivity contribution is 9.09. The molecule has 0 heterocycles. The van der Waals surface area contributed by atoms with Crippen LogP contribution < -0.4 is 5.32 Å². The van der Waals surface area contributed by atoms with Crippen LogP contribution in [0.15, 0.2) is 24.3 Å². The van der Waals surface area contributed by atoms with E-state index in [1.807, 2.05) is 12.1 Å². The lowest BCUT2D eigenvalue weighted by Crippen LogP contribution is -2.16. The van der Waals surface area contributed by atoms with Gasteiger partial charge in [0.1, 0.15) is 0 Å². The van der Waals surface area contributed by atoms with Gasteiger partial charge in [-0.05, 0) is 48.8 Å². The second-order valence-corrected chi connectivity index (χ2v) is 6.20. The molecule has 2 aliphatic rings. The van der Waals surface area contributed by atoms with Crippen molar-refractivity contribution in [3.05, 3.63) is 29.8 Å². The molecule has 1 aromatic carbocycles. The number of carbonyl (C=O) groups is 1. The van der Waals surface area contributed by atoms with Crippen molar-refractivity contribution in [2.75, 3.05) is 10.6 Å². The molecule has 2 aliphatic carbocycles. The third kappa shape index (κ3) is 2.33. The molecule has 2 fully saturated rings. The second-order valence-electron chi connectivity index (χ2n) is 5.41. The van der Waals surface area contributed by atoms with E-state index in [9.17, 15) is 4.79 Å². The molecular formula is C15H18BrNO. The second kappa shape index (κ2) is 5.04. The number of amides is 1. The molecular weight excluding hydrogens is 290 g/mol. The maximum absolute atomic E-state index is 12.1. The van der Waals surface area contributed by atoms with E-state index >= 15 is 0 Å². The first-order chi connectivity index (χ1) is 8.79. The van der Waals surface area contributed by atoms with Crippen LogP contribution in [0.3, 0.4) is 0 Å². The summed E-state index contributed by atoms with van der Waals surface area (Å²) in [6.07, 6.45) is 4.86. The zero-order valence-electron chi connectivity index (χ0n) is 10.4. The Morgan fingerprint density at radius 2 is 1.89 bits per heavy atom. The summed E-state index contributed by atoms with van der Waals surface area (Å²) < 4.78 is 0. The van der Waals surface area contributed by atoms with Gasteiger partial charge in [0.25, 0.3) is 0 Å². The van der Waals surface area contributed by atoms with Crippen LogP contribution in [0.2, 0.25) is 0 Å². The lowest BCUT2D eigenvalue weighted by molar-refractivity contribution is -0.118. The number of aryl methyl sites for hydroxylation is 1. The highest BCUT2D eigenvalue weighted by Crippen LogP contribution is 2.57. The average molecular weight is 308 g/mol. The molecule has 2 atom stereocenters. The normalized spacial score (nSPS) is 28.8. The molecule has 2 nitrogen and oxygen atoms in total. The van der Waals surface area contributed by atoms with Gasteiger partial charge in [0.05, 0.1) is 0 Å². The molecule has 96 valence electrons. The Labute approximate surface area is 116 Å². The van der Waals surface area contributed by atoms with Crippen LogP contribution >= 0.6 is 15.9 Å². The Morgan fingerprint density at radius 3 is 2.50 bits per heavy atom. The number of alkyl halides is 1. The predicted octanol–water partition coefficient (Wildman–Crippen LogP) is 3.61. The van der Waals surface area contributed by atoms with Gasteiger partial charge in [0.15, 0.2) is 0 Å². The van der Waals surface area contributed by atoms with E-state index in [4.69, 9.17) is 0 Å². The average Bonchev–Trinajstić information content (AvgIpc) is 2.86. The Bertz CT molecular complexity index is 432. The molecule has 0 spiro atoms. The Hall–Kier alpha value is -0.830. The van der Waals surface area contributed by atoms with Crippen LogP contribution in [0.1, 0.15) is 24.8 Å². The van der Waals surface area contributed by atoms with E-state index in [1.54, 1.807) is 0 Å². The molecule has 0 radical (unpaired) electrons. The summed E-state index contributed by atoms with van der Waals surface area (Å²) in [5.74, 6) is 1.93. The van der Waals surface area contributed by atoms with Gasteiger partial charge in [-0.1, -0.05) is 34.5 Å². The first-order valence-corrected chi connectivity index (χ1v) is 7.87. The summed E-state index contributed by atoms with van der Waals surface area (Å²) >= 11 is 3.43. The summed E-state index contributed by atoms with van der Waals surface area (Å²) in [5, 5.41) is 4.03. The number of hydrogen-bond acceptors (Lipinski definition) is 1. The first kappa shape index (κ1) is 12.2. The Morgan fingerprint density at radius 1 is 1.22 bits per heavy atom. The van der Waals surface area contributed by atoms with Crippen LogP contribution in [0, 0.1) is 17.8 Å². The quantitative estimate of drug-likeness (QED) is 0.846. The lowest BCUT2D eigenvalue weighted by atomic mass is 10.1. The van der Waals surface area contributed by atoms with E-state index in [1.165, 1.54) is 24.8 Å². The molecule has 18 heavy (non-hydrogen) atoms. The predicted molar refractivity (Wildman–Crippen MR) is 76.9 cm³/mol. The van der Waals surface area contributed by atoms with Crippen molar-refractivity contribution in [3.8, 4) is 0 Å². The molecule has 1 aromatic rings. The third-order valence-corrected chi connectivity index (χ3v) is 4.71. The van der Waals surface area contributed by atoms with E-state index < -0.39 is 0 Å². The zero-order valence-corrected chi connectivity index (χ0v) is 11.9. The molecule has 3 heteroatoms. The minimum Gasteiger partial charge on any atom is -0.326 e. The van der Waals surface area contributed by atoms with Gasteiger partial charge in [-0.15, -0.1) is 0 Å². The van der Waals surface area contributed by atoms with Gasteiger partial charge >= 0.3 is 0 Å². The number of carbonyl (C=O) groups excluding carboxylic acids is 1. The summed E-state index contributed by atoms with van der Waals surface area (Å²) in [6, 6.07) is 8.19. The van der Waals surface area contributed by atoms with Crippen molar-refractivity contribution in [2.45, 2.75) is 25.7 Å². The SMILES string of the molecule is O=C(Nc1ccc(CCBr)cc1)C1C2CCCC21. The highest BCUT2D eigenvalue weighted by Gasteiger charge is 2.56. The monoisotopic (exact) mass is 307 g/mol.